The van der Waals surface area contributed by atoms with E-state index >= 15 is 0 Å². The third-order valence-electron chi connectivity index (χ3n) is 3.82. The Balaban J connectivity index is 2.21. The van der Waals surface area contributed by atoms with E-state index in [1.54, 1.807) is 17.2 Å². The van der Waals surface area contributed by atoms with Gasteiger partial charge in [0.05, 0.1) is 6.54 Å². The molecule has 0 saturated carbocycles. The molecular formula is C14H23N6O2+. The Morgan fingerprint density at radius 2 is 2.18 bits per heavy atom. The molecule has 0 saturated heterocycles. The number of aromatic nitrogens is 4. The maximum atomic E-state index is 10.8. The number of nitrogens with zero attached hydrogens (tertiary/aromatic N) is 3. The van der Waals surface area contributed by atoms with Gasteiger partial charge in [-0.25, -0.2) is 4.57 Å². The number of aryl methyl sites for hydroxylation is 1. The molecule has 0 amide bonds. The topological polar surface area (TPSA) is 121 Å². The van der Waals surface area contributed by atoms with Gasteiger partial charge in [0.15, 0.2) is 11.8 Å². The van der Waals surface area contributed by atoms with E-state index < -0.39 is 12.0 Å². The number of H-pyrrole nitrogens is 1. The molecule has 2 heterocycles. The molecule has 2 unspecified atom stereocenters. The second-order valence-electron chi connectivity index (χ2n) is 5.80. The molecule has 0 aliphatic rings. The molecule has 120 valence electrons. The number of imidazole rings is 1. The van der Waals surface area contributed by atoms with Gasteiger partial charge in [-0.05, 0) is 12.8 Å². The quantitative estimate of drug-likeness (QED) is 0.553. The molecule has 2 atom stereocenters. The molecule has 0 aliphatic carbocycles. The van der Waals surface area contributed by atoms with E-state index in [2.05, 4.69) is 41.0 Å². The van der Waals surface area contributed by atoms with E-state index in [9.17, 15) is 4.79 Å². The van der Waals surface area contributed by atoms with Crippen LogP contribution in [0, 0.1) is 5.92 Å². The molecule has 0 radical (unpaired) electrons. The molecular weight excluding hydrogens is 284 g/mol. The number of hydrogen-bond donors (Lipinski definition) is 4. The minimum atomic E-state index is -1.00. The van der Waals surface area contributed by atoms with Gasteiger partial charge < -0.3 is 21.1 Å². The number of aliphatic carboxylic acids is 1. The van der Waals surface area contributed by atoms with Crippen molar-refractivity contribution in [2.24, 2.45) is 11.7 Å². The molecule has 22 heavy (non-hydrogen) atoms. The average molecular weight is 307 g/mol. The standard InChI is InChI=1S/C14H22N6O2/c1-8(2)9(3)19-12-11-13(17-6-16-11)20(7-18-12)5-4-10(15)14(21)22/h6-10H,4-5,15H2,1-3H3,(H2,16,17,19,21,22)/p+1. The Bertz CT molecular complexity index is 654. The van der Waals surface area contributed by atoms with Gasteiger partial charge in [-0.2, -0.15) is 0 Å². The van der Waals surface area contributed by atoms with E-state index in [4.69, 9.17) is 10.8 Å². The van der Waals surface area contributed by atoms with Crippen molar-refractivity contribution in [2.75, 3.05) is 5.32 Å². The van der Waals surface area contributed by atoms with E-state index in [1.807, 2.05) is 0 Å². The number of aromatic amines is 1. The van der Waals surface area contributed by atoms with E-state index in [1.165, 1.54) is 0 Å². The maximum Gasteiger partial charge on any atom is 0.320 e. The highest BCUT2D eigenvalue weighted by Gasteiger charge is 2.20. The van der Waals surface area contributed by atoms with Gasteiger partial charge in [-0.15, -0.1) is 0 Å². The highest BCUT2D eigenvalue weighted by molar-refractivity contribution is 5.80. The number of anilines is 1. The number of rotatable bonds is 7. The van der Waals surface area contributed by atoms with Gasteiger partial charge in [-0.3, -0.25) is 4.79 Å². The van der Waals surface area contributed by atoms with Crippen LogP contribution in [0.25, 0.3) is 11.2 Å². The summed E-state index contributed by atoms with van der Waals surface area (Å²) in [4.78, 5) is 22.6. The Hall–Kier alpha value is -2.22. The highest BCUT2D eigenvalue weighted by Crippen LogP contribution is 2.16. The first kappa shape index (κ1) is 16.2. The molecule has 5 N–H and O–H groups in total. The summed E-state index contributed by atoms with van der Waals surface area (Å²) >= 11 is 0. The first-order valence-corrected chi connectivity index (χ1v) is 7.36. The van der Waals surface area contributed by atoms with E-state index in [0.29, 0.717) is 18.9 Å². The van der Waals surface area contributed by atoms with Crippen LogP contribution >= 0.6 is 0 Å². The first-order chi connectivity index (χ1) is 10.4. The summed E-state index contributed by atoms with van der Waals surface area (Å²) in [6.45, 7) is 6.82. The lowest BCUT2D eigenvalue weighted by molar-refractivity contribution is -0.676. The van der Waals surface area contributed by atoms with Gasteiger partial charge in [-0.1, -0.05) is 23.8 Å². The molecule has 0 fully saturated rings. The molecule has 0 bridgehead atoms. The smallest absolute Gasteiger partial charge is 0.320 e. The molecule has 0 spiro atoms. The lowest BCUT2D eigenvalue weighted by Gasteiger charge is -2.16. The third kappa shape index (κ3) is 3.51. The summed E-state index contributed by atoms with van der Waals surface area (Å²) in [6, 6.07) is -0.615. The zero-order valence-electron chi connectivity index (χ0n) is 13.1. The molecule has 2 aromatic heterocycles. The van der Waals surface area contributed by atoms with Crippen LogP contribution in [0.3, 0.4) is 0 Å². The van der Waals surface area contributed by atoms with E-state index in [0.717, 1.165) is 17.0 Å². The monoisotopic (exact) mass is 307 g/mol. The molecule has 2 aromatic rings. The number of nitrogens with two attached hydrogens (primary N) is 1. The number of carboxylic acids is 1. The van der Waals surface area contributed by atoms with Gasteiger partial charge in [0.1, 0.15) is 6.04 Å². The van der Waals surface area contributed by atoms with E-state index in [-0.39, 0.29) is 6.04 Å². The summed E-state index contributed by atoms with van der Waals surface area (Å²) in [5.74, 6) is 0.212. The third-order valence-corrected chi connectivity index (χ3v) is 3.82. The second kappa shape index (κ2) is 6.69. The lowest BCUT2D eigenvalue weighted by atomic mass is 10.1. The van der Waals surface area contributed by atoms with Crippen molar-refractivity contribution in [1.29, 1.82) is 0 Å². The van der Waals surface area contributed by atoms with Gasteiger partial charge >= 0.3 is 5.97 Å². The number of nitrogens with one attached hydrogen (secondary N) is 2. The van der Waals surface area contributed by atoms with Crippen LogP contribution in [0.4, 0.5) is 5.82 Å². The molecule has 2 rings (SSSR count). The largest absolute Gasteiger partial charge is 0.480 e. The Morgan fingerprint density at radius 1 is 1.45 bits per heavy atom. The van der Waals surface area contributed by atoms with Crippen LogP contribution in [0.5, 0.6) is 0 Å². The second-order valence-corrected chi connectivity index (χ2v) is 5.80. The lowest BCUT2D eigenvalue weighted by Crippen LogP contribution is -2.41. The zero-order chi connectivity index (χ0) is 16.3. The number of hydrogen-bond acceptors (Lipinski definition) is 5. The van der Waals surface area contributed by atoms with Crippen LogP contribution in [-0.2, 0) is 11.3 Å². The summed E-state index contributed by atoms with van der Waals surface area (Å²) in [5, 5.41) is 12.2. The Labute approximate surface area is 128 Å². The van der Waals surface area contributed by atoms with Gasteiger partial charge in [0.2, 0.25) is 12.1 Å². The van der Waals surface area contributed by atoms with Crippen molar-refractivity contribution < 1.29 is 14.5 Å². The van der Waals surface area contributed by atoms with Crippen LogP contribution < -0.4 is 15.6 Å². The number of fused-ring (bicyclic) bond motifs is 1. The molecule has 0 aliphatic heterocycles. The van der Waals surface area contributed by atoms with Crippen LogP contribution in [-0.4, -0.2) is 38.1 Å². The van der Waals surface area contributed by atoms with Crippen LogP contribution in [0.15, 0.2) is 12.7 Å². The summed E-state index contributed by atoms with van der Waals surface area (Å²) in [5.41, 5.74) is 7.07. The molecule has 8 heteroatoms. The Kier molecular flexibility index (Phi) is 4.92. The van der Waals surface area contributed by atoms with Crippen molar-refractivity contribution in [3.63, 3.8) is 0 Å². The fraction of sp³-hybridized carbons (Fsp3) is 0.571. The van der Waals surface area contributed by atoms with Gasteiger partial charge in [0.25, 0.3) is 5.65 Å². The first-order valence-electron chi connectivity index (χ1n) is 7.36. The maximum absolute atomic E-state index is 10.8. The van der Waals surface area contributed by atoms with Crippen molar-refractivity contribution in [1.82, 2.24) is 15.0 Å². The van der Waals surface area contributed by atoms with Crippen molar-refractivity contribution in [2.45, 2.75) is 45.8 Å². The number of carbonyl (C=O) groups is 1. The minimum Gasteiger partial charge on any atom is -0.480 e. The van der Waals surface area contributed by atoms with Crippen molar-refractivity contribution in [3.8, 4) is 0 Å². The van der Waals surface area contributed by atoms with Gasteiger partial charge in [0, 0.05) is 12.5 Å². The van der Waals surface area contributed by atoms with Crippen molar-refractivity contribution >= 4 is 23.0 Å². The predicted octanol–water partition coefficient (Wildman–Crippen LogP) is 0.504. The van der Waals surface area contributed by atoms with Crippen LogP contribution in [0.1, 0.15) is 27.2 Å². The SMILES string of the molecule is CC(C)C(C)Nc1nc[n+](CCC(N)C(=O)O)c2nc[nH]c12. The predicted molar refractivity (Wildman–Crippen MR) is 82.2 cm³/mol. The molecule has 8 nitrogen and oxygen atoms in total. The zero-order valence-corrected chi connectivity index (χ0v) is 13.1. The normalized spacial score (nSPS) is 14.2. The number of carboxylic acid groups (broad SMARTS) is 1. The van der Waals surface area contributed by atoms with Crippen molar-refractivity contribution in [3.05, 3.63) is 12.7 Å². The summed E-state index contributed by atoms with van der Waals surface area (Å²) in [6.07, 6.45) is 3.58. The molecule has 0 aromatic carbocycles. The summed E-state index contributed by atoms with van der Waals surface area (Å²) in [7, 11) is 0. The fourth-order valence-corrected chi connectivity index (χ4v) is 1.98. The average Bonchev–Trinajstić information content (AvgIpc) is 2.95. The Morgan fingerprint density at radius 3 is 2.82 bits per heavy atom. The van der Waals surface area contributed by atoms with Crippen LogP contribution in [0.2, 0.25) is 0 Å². The minimum absolute atomic E-state index is 0.273. The highest BCUT2D eigenvalue weighted by atomic mass is 16.4. The fourth-order valence-electron chi connectivity index (χ4n) is 1.98. The summed E-state index contributed by atoms with van der Waals surface area (Å²) < 4.78 is 1.81.